The van der Waals surface area contributed by atoms with Crippen LogP contribution in [0.15, 0.2) is 72.4 Å². The van der Waals surface area contributed by atoms with Gasteiger partial charge in [-0.2, -0.15) is 0 Å². The van der Waals surface area contributed by atoms with Gasteiger partial charge in [-0.15, -0.1) is 11.3 Å². The van der Waals surface area contributed by atoms with Gasteiger partial charge in [0.1, 0.15) is 11.6 Å². The molecule has 3 heterocycles. The topological polar surface area (TPSA) is 83.8 Å². The molecule has 0 aliphatic heterocycles. The van der Waals surface area contributed by atoms with Gasteiger partial charge in [0, 0.05) is 39.3 Å². The third kappa shape index (κ3) is 3.68. The summed E-state index contributed by atoms with van der Waals surface area (Å²) in [6.07, 6.45) is 3.42. The molecule has 0 saturated carbocycles. The summed E-state index contributed by atoms with van der Waals surface area (Å²) in [6.45, 7) is 0. The SMILES string of the molecule is Oc1ccc2nc(-c3cccnc3)nc(Nc3nc(-c4ccc(Cl)cc4)cs3)c2c1. The zero-order valence-electron chi connectivity index (χ0n) is 15.5. The average molecular weight is 432 g/mol. The molecule has 2 N–H and O–H groups in total. The van der Waals surface area contributed by atoms with Crippen molar-refractivity contribution >= 4 is 44.8 Å². The van der Waals surface area contributed by atoms with Gasteiger partial charge in [-0.05, 0) is 42.5 Å². The van der Waals surface area contributed by atoms with Crippen molar-refractivity contribution < 1.29 is 5.11 Å². The quantitative estimate of drug-likeness (QED) is 0.367. The number of hydrogen-bond acceptors (Lipinski definition) is 7. The highest BCUT2D eigenvalue weighted by Crippen LogP contribution is 2.32. The average Bonchev–Trinajstić information content (AvgIpc) is 3.23. The molecule has 0 saturated heterocycles. The van der Waals surface area contributed by atoms with Gasteiger partial charge >= 0.3 is 0 Å². The Morgan fingerprint density at radius 2 is 1.80 bits per heavy atom. The van der Waals surface area contributed by atoms with E-state index in [1.54, 1.807) is 30.6 Å². The van der Waals surface area contributed by atoms with E-state index in [4.69, 9.17) is 11.6 Å². The molecule has 30 heavy (non-hydrogen) atoms. The lowest BCUT2D eigenvalue weighted by molar-refractivity contribution is 0.476. The van der Waals surface area contributed by atoms with Crippen molar-refractivity contribution in [2.24, 2.45) is 0 Å². The molecule has 0 aliphatic rings. The lowest BCUT2D eigenvalue weighted by Crippen LogP contribution is -1.99. The van der Waals surface area contributed by atoms with Crippen LogP contribution in [0.1, 0.15) is 0 Å². The molecule has 3 aromatic heterocycles. The lowest BCUT2D eigenvalue weighted by atomic mass is 10.2. The van der Waals surface area contributed by atoms with Crippen LogP contribution in [-0.4, -0.2) is 25.0 Å². The number of rotatable bonds is 4. The third-order valence-corrected chi connectivity index (χ3v) is 5.48. The normalized spacial score (nSPS) is 11.0. The molecule has 0 spiro atoms. The highest BCUT2D eigenvalue weighted by Gasteiger charge is 2.13. The molecule has 0 amide bonds. The maximum Gasteiger partial charge on any atom is 0.188 e. The smallest absolute Gasteiger partial charge is 0.188 e. The largest absolute Gasteiger partial charge is 0.508 e. The zero-order valence-corrected chi connectivity index (χ0v) is 17.0. The number of phenolic OH excluding ortho intramolecular Hbond substituents is 1. The number of pyridine rings is 1. The number of aromatic hydroxyl groups is 1. The Kier molecular flexibility index (Phi) is 4.74. The van der Waals surface area contributed by atoms with Gasteiger partial charge in [0.05, 0.1) is 11.2 Å². The molecule has 0 aliphatic carbocycles. The minimum absolute atomic E-state index is 0.143. The maximum atomic E-state index is 9.97. The number of benzene rings is 2. The van der Waals surface area contributed by atoms with Crippen LogP contribution >= 0.6 is 22.9 Å². The van der Waals surface area contributed by atoms with Crippen molar-refractivity contribution in [2.75, 3.05) is 5.32 Å². The van der Waals surface area contributed by atoms with Gasteiger partial charge < -0.3 is 10.4 Å². The van der Waals surface area contributed by atoms with E-state index < -0.39 is 0 Å². The minimum atomic E-state index is 0.143. The molecule has 0 bridgehead atoms. The number of fused-ring (bicyclic) bond motifs is 1. The Morgan fingerprint density at radius 1 is 0.933 bits per heavy atom. The van der Waals surface area contributed by atoms with Gasteiger partial charge in [0.25, 0.3) is 0 Å². The van der Waals surface area contributed by atoms with E-state index in [9.17, 15) is 5.11 Å². The summed E-state index contributed by atoms with van der Waals surface area (Å²) >= 11 is 7.44. The van der Waals surface area contributed by atoms with Gasteiger partial charge in [-0.25, -0.2) is 15.0 Å². The van der Waals surface area contributed by atoms with Gasteiger partial charge in [0.2, 0.25) is 0 Å². The van der Waals surface area contributed by atoms with E-state index in [1.807, 2.05) is 41.8 Å². The lowest BCUT2D eigenvalue weighted by Gasteiger charge is -2.09. The molecule has 0 unspecified atom stereocenters. The predicted molar refractivity (Wildman–Crippen MR) is 120 cm³/mol. The first-order valence-electron chi connectivity index (χ1n) is 9.05. The number of nitrogens with one attached hydrogen (secondary N) is 1. The molecule has 0 radical (unpaired) electrons. The van der Waals surface area contributed by atoms with Crippen LogP contribution in [0.3, 0.4) is 0 Å². The van der Waals surface area contributed by atoms with Crippen molar-refractivity contribution in [2.45, 2.75) is 0 Å². The van der Waals surface area contributed by atoms with Crippen LogP contribution in [-0.2, 0) is 0 Å². The first-order chi connectivity index (χ1) is 14.7. The minimum Gasteiger partial charge on any atom is -0.508 e. The molecule has 8 heteroatoms. The number of aromatic nitrogens is 4. The number of nitrogens with zero attached hydrogens (tertiary/aromatic N) is 4. The molecule has 0 fully saturated rings. The Labute approximate surface area is 180 Å². The van der Waals surface area contributed by atoms with Crippen molar-refractivity contribution in [1.29, 1.82) is 0 Å². The summed E-state index contributed by atoms with van der Waals surface area (Å²) in [5.74, 6) is 1.24. The summed E-state index contributed by atoms with van der Waals surface area (Å²) in [5.41, 5.74) is 3.33. The van der Waals surface area contributed by atoms with Crippen molar-refractivity contribution in [3.05, 3.63) is 77.4 Å². The highest BCUT2D eigenvalue weighted by molar-refractivity contribution is 7.14. The summed E-state index contributed by atoms with van der Waals surface area (Å²) in [7, 11) is 0. The maximum absolute atomic E-state index is 9.97. The number of hydrogen-bond donors (Lipinski definition) is 2. The Morgan fingerprint density at radius 3 is 2.60 bits per heavy atom. The standard InChI is InChI=1S/C22H14ClN5OS/c23-15-5-3-13(4-6-15)19-12-30-22(26-19)28-21-17-10-16(29)7-8-18(17)25-20(27-21)14-2-1-9-24-11-14/h1-12,29H,(H,25,26,27,28). The fourth-order valence-electron chi connectivity index (χ4n) is 3.02. The fraction of sp³-hybridized carbons (Fsp3) is 0. The second-order valence-electron chi connectivity index (χ2n) is 6.51. The molecule has 5 aromatic rings. The van der Waals surface area contributed by atoms with E-state index in [0.717, 1.165) is 16.8 Å². The number of phenols is 1. The summed E-state index contributed by atoms with van der Waals surface area (Å²) in [4.78, 5) is 18.1. The second-order valence-corrected chi connectivity index (χ2v) is 7.80. The first-order valence-corrected chi connectivity index (χ1v) is 10.3. The molecule has 0 atom stereocenters. The summed E-state index contributed by atoms with van der Waals surface area (Å²) < 4.78 is 0. The monoisotopic (exact) mass is 431 g/mol. The Hall–Kier alpha value is -3.55. The van der Waals surface area contributed by atoms with Gasteiger partial charge in [0.15, 0.2) is 11.0 Å². The Balaban J connectivity index is 1.56. The first kappa shape index (κ1) is 18.5. The number of anilines is 2. The van der Waals surface area contributed by atoms with Crippen molar-refractivity contribution in [3.63, 3.8) is 0 Å². The summed E-state index contributed by atoms with van der Waals surface area (Å²) in [6, 6.07) is 16.3. The van der Waals surface area contributed by atoms with E-state index in [2.05, 4.69) is 25.3 Å². The highest BCUT2D eigenvalue weighted by atomic mass is 35.5. The Bertz CT molecular complexity index is 1340. The molecule has 146 valence electrons. The van der Waals surface area contributed by atoms with E-state index >= 15 is 0 Å². The van der Waals surface area contributed by atoms with E-state index in [-0.39, 0.29) is 5.75 Å². The fourth-order valence-corrected chi connectivity index (χ4v) is 3.87. The van der Waals surface area contributed by atoms with Crippen LogP contribution in [0.2, 0.25) is 5.02 Å². The third-order valence-electron chi connectivity index (χ3n) is 4.47. The molecular weight excluding hydrogens is 418 g/mol. The van der Waals surface area contributed by atoms with Crippen LogP contribution in [0.25, 0.3) is 33.5 Å². The second kappa shape index (κ2) is 7.70. The summed E-state index contributed by atoms with van der Waals surface area (Å²) in [5, 5.41) is 17.3. The number of thiazole rings is 1. The van der Waals surface area contributed by atoms with Crippen LogP contribution in [0, 0.1) is 0 Å². The predicted octanol–water partition coefficient (Wildman–Crippen LogP) is 5.92. The van der Waals surface area contributed by atoms with E-state index in [1.165, 1.54) is 11.3 Å². The number of halogens is 1. The van der Waals surface area contributed by atoms with Crippen LogP contribution in [0.5, 0.6) is 5.75 Å². The van der Waals surface area contributed by atoms with Crippen molar-refractivity contribution in [3.8, 4) is 28.4 Å². The zero-order chi connectivity index (χ0) is 20.5. The molecule has 6 nitrogen and oxygen atoms in total. The van der Waals surface area contributed by atoms with Crippen LogP contribution < -0.4 is 5.32 Å². The van der Waals surface area contributed by atoms with E-state index in [0.29, 0.717) is 32.7 Å². The molecular formula is C22H14ClN5OS. The molecule has 5 rings (SSSR count). The van der Waals surface area contributed by atoms with Crippen LogP contribution in [0.4, 0.5) is 10.9 Å². The van der Waals surface area contributed by atoms with Gasteiger partial charge in [-0.1, -0.05) is 23.7 Å². The van der Waals surface area contributed by atoms with Crippen molar-refractivity contribution in [1.82, 2.24) is 19.9 Å². The molecule has 2 aromatic carbocycles. The van der Waals surface area contributed by atoms with Gasteiger partial charge in [-0.3, -0.25) is 4.98 Å².